The summed E-state index contributed by atoms with van der Waals surface area (Å²) in [6.07, 6.45) is 0. The van der Waals surface area contributed by atoms with E-state index in [4.69, 9.17) is 9.07 Å². The molecule has 3 nitrogen and oxygen atoms in total. The molecule has 34 heavy (non-hydrogen) atoms. The van der Waals surface area contributed by atoms with E-state index in [0.717, 1.165) is 38.5 Å². The van der Waals surface area contributed by atoms with E-state index in [2.05, 4.69) is 72.8 Å². The molecule has 4 aromatic carbocycles. The highest BCUT2D eigenvalue weighted by Crippen LogP contribution is 2.36. The van der Waals surface area contributed by atoms with Gasteiger partial charge in [0.1, 0.15) is 11.2 Å². The maximum absolute atomic E-state index is 10.5. The summed E-state index contributed by atoms with van der Waals surface area (Å²) in [6, 6.07) is 31.5. The van der Waals surface area contributed by atoms with Crippen LogP contribution in [0.3, 0.4) is 0 Å². The number of hydrogen-bond acceptors (Lipinski definition) is 3. The fourth-order valence-electron chi connectivity index (χ4n) is 4.13. The fourth-order valence-corrected chi connectivity index (χ4v) is 4.13. The molecule has 0 bridgehead atoms. The summed E-state index contributed by atoms with van der Waals surface area (Å²) < 4.78 is 12.6. The zero-order valence-electron chi connectivity index (χ0n) is 20.1. The van der Waals surface area contributed by atoms with Crippen LogP contribution in [0.4, 0.5) is 0 Å². The van der Waals surface area contributed by atoms with Crippen molar-refractivity contribution < 1.29 is 14.2 Å². The summed E-state index contributed by atoms with van der Waals surface area (Å²) in [7, 11) is 0.356. The molecule has 0 aliphatic rings. The summed E-state index contributed by atoms with van der Waals surface area (Å²) in [5.74, 6) is 0. The highest BCUT2D eigenvalue weighted by Gasteiger charge is 2.36. The SMILES string of the molecule is CC(C)(O)C(C)(C)OBc1cccc2c1oc1c(-c3ccc(-c4ccccc4)cc3)cccc12. The molecular weight excluding hydrogens is 419 g/mol. The molecule has 0 spiro atoms. The normalized spacial score (nSPS) is 12.4. The molecule has 5 aromatic rings. The molecule has 0 atom stereocenters. The van der Waals surface area contributed by atoms with Crippen molar-refractivity contribution in [1.29, 1.82) is 0 Å². The lowest BCUT2D eigenvalue weighted by Gasteiger charge is -2.37. The van der Waals surface area contributed by atoms with Crippen molar-refractivity contribution in [2.24, 2.45) is 0 Å². The van der Waals surface area contributed by atoms with Crippen molar-refractivity contribution in [2.45, 2.75) is 38.9 Å². The van der Waals surface area contributed by atoms with Crippen molar-refractivity contribution in [2.75, 3.05) is 0 Å². The third kappa shape index (κ3) is 4.04. The molecule has 0 saturated heterocycles. The second kappa shape index (κ2) is 8.46. The fraction of sp³-hybridized carbons (Fsp3) is 0.200. The number of aliphatic hydroxyl groups is 1. The number of furan rings is 1. The van der Waals surface area contributed by atoms with Crippen molar-refractivity contribution in [1.82, 2.24) is 0 Å². The first-order valence-corrected chi connectivity index (χ1v) is 11.7. The van der Waals surface area contributed by atoms with Crippen molar-refractivity contribution in [3.63, 3.8) is 0 Å². The first-order valence-electron chi connectivity index (χ1n) is 11.7. The smallest absolute Gasteiger partial charge is 0.313 e. The lowest BCUT2D eigenvalue weighted by Crippen LogP contribution is -2.49. The summed E-state index contributed by atoms with van der Waals surface area (Å²) in [5.41, 5.74) is 5.58. The molecule has 170 valence electrons. The lowest BCUT2D eigenvalue weighted by atomic mass is 9.82. The maximum atomic E-state index is 10.5. The molecule has 5 rings (SSSR count). The standard InChI is InChI=1S/C30H29BO3/c1-29(2,32)30(3,4)34-31-26-15-9-14-25-24-13-8-12-23(27(24)33-28(25)26)22-18-16-21(17-19-22)20-10-6-5-7-11-20/h5-19,31-32H,1-4H3. The van der Waals surface area contributed by atoms with Crippen LogP contribution in [-0.4, -0.2) is 23.8 Å². The van der Waals surface area contributed by atoms with Crippen molar-refractivity contribution >= 4 is 34.9 Å². The van der Waals surface area contributed by atoms with Gasteiger partial charge in [0.15, 0.2) is 0 Å². The van der Waals surface area contributed by atoms with Crippen LogP contribution < -0.4 is 5.46 Å². The predicted molar refractivity (Wildman–Crippen MR) is 143 cm³/mol. The summed E-state index contributed by atoms with van der Waals surface area (Å²) >= 11 is 0. The van der Waals surface area contributed by atoms with E-state index >= 15 is 0 Å². The Labute approximate surface area is 201 Å². The van der Waals surface area contributed by atoms with Crippen LogP contribution in [0.2, 0.25) is 0 Å². The number of hydrogen-bond donors (Lipinski definition) is 1. The van der Waals surface area contributed by atoms with E-state index in [-0.39, 0.29) is 0 Å². The Balaban J connectivity index is 1.54. The molecule has 0 aliphatic heterocycles. The molecule has 0 amide bonds. The average molecular weight is 448 g/mol. The average Bonchev–Trinajstić information content (AvgIpc) is 3.22. The third-order valence-corrected chi connectivity index (χ3v) is 6.97. The Morgan fingerprint density at radius 2 is 1.24 bits per heavy atom. The van der Waals surface area contributed by atoms with Crippen LogP contribution >= 0.6 is 0 Å². The third-order valence-electron chi connectivity index (χ3n) is 6.97. The number of para-hydroxylation sites is 2. The highest BCUT2D eigenvalue weighted by molar-refractivity contribution is 6.51. The molecular formula is C30H29BO3. The second-order valence-electron chi connectivity index (χ2n) is 9.88. The minimum absolute atomic E-state index is 0.356. The quantitative estimate of drug-likeness (QED) is 0.303. The van der Waals surface area contributed by atoms with Gasteiger partial charge in [-0.05, 0) is 49.8 Å². The van der Waals surface area contributed by atoms with E-state index in [0.29, 0.717) is 7.48 Å². The Bertz CT molecular complexity index is 1440. The molecule has 0 radical (unpaired) electrons. The molecule has 0 saturated carbocycles. The summed E-state index contributed by atoms with van der Waals surface area (Å²) in [6.45, 7) is 7.35. The Morgan fingerprint density at radius 3 is 1.91 bits per heavy atom. The Hall–Kier alpha value is -3.34. The van der Waals surface area contributed by atoms with E-state index in [1.807, 2.05) is 32.0 Å². The van der Waals surface area contributed by atoms with Crippen molar-refractivity contribution in [3.8, 4) is 22.3 Å². The van der Waals surface area contributed by atoms with Crippen molar-refractivity contribution in [3.05, 3.63) is 91.0 Å². The Morgan fingerprint density at radius 1 is 0.647 bits per heavy atom. The van der Waals surface area contributed by atoms with Gasteiger partial charge in [-0.3, -0.25) is 0 Å². The van der Waals surface area contributed by atoms with Gasteiger partial charge >= 0.3 is 7.48 Å². The van der Waals surface area contributed by atoms with Gasteiger partial charge in [0.25, 0.3) is 0 Å². The highest BCUT2D eigenvalue weighted by atomic mass is 16.5. The van der Waals surface area contributed by atoms with Crippen LogP contribution in [0.15, 0.2) is 95.4 Å². The van der Waals surface area contributed by atoms with Gasteiger partial charge in [-0.2, -0.15) is 0 Å². The minimum atomic E-state index is -0.964. The van der Waals surface area contributed by atoms with E-state index in [1.165, 1.54) is 11.1 Å². The second-order valence-corrected chi connectivity index (χ2v) is 9.88. The molecule has 1 aromatic heterocycles. The number of rotatable bonds is 6. The molecule has 1 N–H and O–H groups in total. The predicted octanol–water partition coefficient (Wildman–Crippen LogP) is 6.46. The lowest BCUT2D eigenvalue weighted by molar-refractivity contribution is -0.0893. The topological polar surface area (TPSA) is 42.6 Å². The van der Waals surface area contributed by atoms with Gasteiger partial charge in [0.05, 0.1) is 11.2 Å². The van der Waals surface area contributed by atoms with Gasteiger partial charge in [0.2, 0.25) is 0 Å². The molecule has 0 unspecified atom stereocenters. The number of fused-ring (bicyclic) bond motifs is 3. The zero-order valence-corrected chi connectivity index (χ0v) is 20.1. The van der Waals surface area contributed by atoms with Crippen LogP contribution in [0.5, 0.6) is 0 Å². The molecule has 0 fully saturated rings. The van der Waals surface area contributed by atoms with Gasteiger partial charge in [-0.1, -0.05) is 91.0 Å². The van der Waals surface area contributed by atoms with Gasteiger partial charge in [0, 0.05) is 16.3 Å². The molecule has 4 heteroatoms. The minimum Gasteiger partial charge on any atom is -0.456 e. The van der Waals surface area contributed by atoms with Crippen LogP contribution in [0.1, 0.15) is 27.7 Å². The van der Waals surface area contributed by atoms with Gasteiger partial charge in [-0.15, -0.1) is 0 Å². The molecule has 0 aliphatic carbocycles. The Kier molecular flexibility index (Phi) is 5.59. The van der Waals surface area contributed by atoms with Crippen LogP contribution in [0.25, 0.3) is 44.2 Å². The first-order chi connectivity index (χ1) is 16.2. The van der Waals surface area contributed by atoms with Gasteiger partial charge in [-0.25, -0.2) is 0 Å². The van der Waals surface area contributed by atoms with E-state index in [9.17, 15) is 5.11 Å². The number of benzene rings is 4. The van der Waals surface area contributed by atoms with Crippen LogP contribution in [0, 0.1) is 0 Å². The maximum Gasteiger partial charge on any atom is 0.313 e. The zero-order chi connectivity index (χ0) is 23.9. The first kappa shape index (κ1) is 22.5. The summed E-state index contributed by atoms with van der Waals surface area (Å²) in [5, 5.41) is 12.6. The largest absolute Gasteiger partial charge is 0.456 e. The van der Waals surface area contributed by atoms with Crippen LogP contribution in [-0.2, 0) is 4.65 Å². The van der Waals surface area contributed by atoms with Gasteiger partial charge < -0.3 is 14.2 Å². The summed E-state index contributed by atoms with van der Waals surface area (Å²) in [4.78, 5) is 0. The monoisotopic (exact) mass is 448 g/mol. The van der Waals surface area contributed by atoms with E-state index < -0.39 is 11.2 Å². The molecule has 1 heterocycles. The van der Waals surface area contributed by atoms with E-state index in [1.54, 1.807) is 13.8 Å².